The summed E-state index contributed by atoms with van der Waals surface area (Å²) in [6, 6.07) is 4.45. The molecule has 1 aromatic rings. The Balaban J connectivity index is 2.06. The van der Waals surface area contributed by atoms with Gasteiger partial charge in [0, 0.05) is 13.0 Å². The van der Waals surface area contributed by atoms with E-state index in [2.05, 4.69) is 0 Å². The van der Waals surface area contributed by atoms with Crippen LogP contribution in [0.4, 0.5) is 0 Å². The summed E-state index contributed by atoms with van der Waals surface area (Å²) in [6.45, 7) is 2.68. The maximum Gasteiger partial charge on any atom is 0.331 e. The number of phenolic OH excluding ortho intramolecular Hbond substituents is 1. The van der Waals surface area contributed by atoms with Gasteiger partial charge in [0.05, 0.1) is 13.2 Å². The number of aliphatic hydroxyl groups is 2. The third-order valence-corrected chi connectivity index (χ3v) is 3.94. The van der Waals surface area contributed by atoms with Crippen molar-refractivity contribution in [2.75, 3.05) is 7.11 Å². The van der Waals surface area contributed by atoms with Crippen LogP contribution in [0.1, 0.15) is 19.4 Å². The molecule has 1 saturated heterocycles. The fraction of sp³-hybridized carbons (Fsp3) is 0.444. The zero-order valence-electron chi connectivity index (χ0n) is 15.1. The molecule has 0 amide bonds. The van der Waals surface area contributed by atoms with Crippen LogP contribution in [0, 0.1) is 0 Å². The van der Waals surface area contributed by atoms with Gasteiger partial charge in [-0.2, -0.15) is 0 Å². The lowest BCUT2D eigenvalue weighted by atomic mass is 9.99. The highest BCUT2D eigenvalue weighted by atomic mass is 16.7. The molecule has 1 heterocycles. The topological polar surface area (TPSA) is 132 Å². The Morgan fingerprint density at radius 3 is 2.52 bits per heavy atom. The Morgan fingerprint density at radius 1 is 1.19 bits per heavy atom. The first-order valence-corrected chi connectivity index (χ1v) is 8.17. The molecule has 2 rings (SSSR count). The molecule has 9 nitrogen and oxygen atoms in total. The Labute approximate surface area is 155 Å². The number of carbonyl (C=O) groups excluding carboxylic acids is 2. The summed E-state index contributed by atoms with van der Waals surface area (Å²) in [5, 5.41) is 29.8. The van der Waals surface area contributed by atoms with E-state index in [-0.39, 0.29) is 11.5 Å². The number of esters is 2. The van der Waals surface area contributed by atoms with Crippen LogP contribution in [0.3, 0.4) is 0 Å². The number of hydrogen-bond donors (Lipinski definition) is 3. The number of hydrogen-bond acceptors (Lipinski definition) is 9. The van der Waals surface area contributed by atoms with Crippen molar-refractivity contribution in [3.05, 3.63) is 29.8 Å². The molecule has 9 heteroatoms. The second kappa shape index (κ2) is 8.85. The molecule has 1 fully saturated rings. The predicted molar refractivity (Wildman–Crippen MR) is 91.7 cm³/mol. The van der Waals surface area contributed by atoms with Crippen LogP contribution >= 0.6 is 0 Å². The Bertz CT molecular complexity index is 715. The van der Waals surface area contributed by atoms with E-state index < -0.39 is 42.6 Å². The molecule has 0 radical (unpaired) electrons. The number of rotatable bonds is 5. The van der Waals surface area contributed by atoms with Crippen LogP contribution in [0.15, 0.2) is 24.3 Å². The van der Waals surface area contributed by atoms with Gasteiger partial charge in [0.2, 0.25) is 0 Å². The molecule has 1 aromatic carbocycles. The van der Waals surface area contributed by atoms with Crippen molar-refractivity contribution in [3.8, 4) is 11.5 Å². The number of aliphatic hydroxyl groups excluding tert-OH is 2. The van der Waals surface area contributed by atoms with E-state index in [1.165, 1.54) is 39.2 Å². The lowest BCUT2D eigenvalue weighted by molar-refractivity contribution is -0.284. The first kappa shape index (κ1) is 20.7. The number of ether oxygens (including phenoxy) is 4. The molecular formula is C18H22O9. The van der Waals surface area contributed by atoms with Gasteiger partial charge in [-0.15, -0.1) is 0 Å². The SMILES string of the molecule is COc1cc(C=CC(=O)OC2C(O)OC(C)C(OC(C)=O)C2O)ccc1O. The van der Waals surface area contributed by atoms with Gasteiger partial charge < -0.3 is 34.3 Å². The predicted octanol–water partition coefficient (Wildman–Crippen LogP) is 0.355. The monoisotopic (exact) mass is 382 g/mol. The second-order valence-electron chi connectivity index (χ2n) is 5.96. The number of methoxy groups -OCH3 is 1. The Hall–Kier alpha value is -2.62. The Morgan fingerprint density at radius 2 is 1.89 bits per heavy atom. The fourth-order valence-electron chi connectivity index (χ4n) is 2.63. The van der Waals surface area contributed by atoms with Crippen molar-refractivity contribution >= 4 is 18.0 Å². The summed E-state index contributed by atoms with van der Waals surface area (Å²) in [4.78, 5) is 23.2. The molecule has 1 aliphatic heterocycles. The van der Waals surface area contributed by atoms with E-state index in [1.54, 1.807) is 6.07 Å². The third kappa shape index (κ3) is 5.19. The van der Waals surface area contributed by atoms with Crippen molar-refractivity contribution in [1.82, 2.24) is 0 Å². The van der Waals surface area contributed by atoms with Gasteiger partial charge in [-0.25, -0.2) is 4.79 Å². The van der Waals surface area contributed by atoms with Gasteiger partial charge in [-0.3, -0.25) is 4.79 Å². The summed E-state index contributed by atoms with van der Waals surface area (Å²) in [5.41, 5.74) is 0.550. The zero-order chi connectivity index (χ0) is 20.1. The van der Waals surface area contributed by atoms with Crippen molar-refractivity contribution < 1.29 is 43.9 Å². The van der Waals surface area contributed by atoms with Gasteiger partial charge in [0.15, 0.2) is 30.0 Å². The lowest BCUT2D eigenvalue weighted by Crippen LogP contribution is -2.59. The zero-order valence-corrected chi connectivity index (χ0v) is 15.1. The van der Waals surface area contributed by atoms with Crippen molar-refractivity contribution in [1.29, 1.82) is 0 Å². The highest BCUT2D eigenvalue weighted by Gasteiger charge is 2.46. The van der Waals surface area contributed by atoms with Crippen LogP contribution in [0.5, 0.6) is 11.5 Å². The molecule has 148 valence electrons. The molecular weight excluding hydrogens is 360 g/mol. The maximum absolute atomic E-state index is 12.0. The van der Waals surface area contributed by atoms with Crippen LogP contribution in [0.25, 0.3) is 6.08 Å². The van der Waals surface area contributed by atoms with Crippen molar-refractivity contribution in [3.63, 3.8) is 0 Å². The minimum atomic E-state index is -1.58. The first-order chi connectivity index (χ1) is 12.7. The van der Waals surface area contributed by atoms with Crippen LogP contribution in [0.2, 0.25) is 0 Å². The highest BCUT2D eigenvalue weighted by molar-refractivity contribution is 5.87. The normalized spacial score (nSPS) is 28.0. The van der Waals surface area contributed by atoms with E-state index in [0.29, 0.717) is 5.56 Å². The highest BCUT2D eigenvalue weighted by Crippen LogP contribution is 2.27. The van der Waals surface area contributed by atoms with Gasteiger partial charge >= 0.3 is 11.9 Å². The van der Waals surface area contributed by atoms with Gasteiger partial charge in [-0.05, 0) is 30.7 Å². The molecule has 27 heavy (non-hydrogen) atoms. The molecule has 0 aromatic heterocycles. The van der Waals surface area contributed by atoms with Crippen molar-refractivity contribution in [2.24, 2.45) is 0 Å². The first-order valence-electron chi connectivity index (χ1n) is 8.17. The molecule has 0 saturated carbocycles. The number of benzene rings is 1. The molecule has 0 bridgehead atoms. The molecule has 0 aliphatic carbocycles. The van der Waals surface area contributed by atoms with Crippen molar-refractivity contribution in [2.45, 2.75) is 44.6 Å². The van der Waals surface area contributed by atoms with E-state index in [4.69, 9.17) is 18.9 Å². The van der Waals surface area contributed by atoms with Gasteiger partial charge in [0.1, 0.15) is 6.10 Å². The summed E-state index contributed by atoms with van der Waals surface area (Å²) in [7, 11) is 1.39. The van der Waals surface area contributed by atoms with Crippen LogP contribution < -0.4 is 4.74 Å². The molecule has 3 N–H and O–H groups in total. The smallest absolute Gasteiger partial charge is 0.331 e. The Kier molecular flexibility index (Phi) is 6.78. The minimum absolute atomic E-state index is 0.0477. The fourth-order valence-corrected chi connectivity index (χ4v) is 2.63. The van der Waals surface area contributed by atoms with Gasteiger partial charge in [0.25, 0.3) is 0 Å². The average molecular weight is 382 g/mol. The van der Waals surface area contributed by atoms with E-state index in [1.807, 2.05) is 0 Å². The number of aromatic hydroxyl groups is 1. The number of carbonyl (C=O) groups is 2. The van der Waals surface area contributed by atoms with Crippen LogP contribution in [-0.4, -0.2) is 65.1 Å². The largest absolute Gasteiger partial charge is 0.504 e. The quantitative estimate of drug-likeness (QED) is 0.488. The van der Waals surface area contributed by atoms with E-state index in [9.17, 15) is 24.9 Å². The standard InChI is InChI=1S/C18H22O9/c1-9-16(26-10(2)19)15(22)17(18(23)25-9)27-14(21)7-5-11-4-6-12(20)13(8-11)24-3/h4-9,15-18,20,22-23H,1-3H3. The van der Waals surface area contributed by atoms with E-state index in [0.717, 1.165) is 6.08 Å². The molecule has 1 aliphatic rings. The third-order valence-electron chi connectivity index (χ3n) is 3.94. The summed E-state index contributed by atoms with van der Waals surface area (Å²) >= 11 is 0. The maximum atomic E-state index is 12.0. The summed E-state index contributed by atoms with van der Waals surface area (Å²) in [5.74, 6) is -1.31. The van der Waals surface area contributed by atoms with Gasteiger partial charge in [-0.1, -0.05) is 6.07 Å². The van der Waals surface area contributed by atoms with E-state index >= 15 is 0 Å². The second-order valence-corrected chi connectivity index (χ2v) is 5.96. The van der Waals surface area contributed by atoms with Crippen LogP contribution in [-0.2, 0) is 23.8 Å². The lowest BCUT2D eigenvalue weighted by Gasteiger charge is -2.40. The molecule has 5 unspecified atom stereocenters. The average Bonchev–Trinajstić information content (AvgIpc) is 2.61. The number of phenols is 1. The summed E-state index contributed by atoms with van der Waals surface area (Å²) in [6.07, 6.45) is -3.87. The molecule has 0 spiro atoms. The molecule has 5 atom stereocenters. The minimum Gasteiger partial charge on any atom is -0.504 e. The summed E-state index contributed by atoms with van der Waals surface area (Å²) < 4.78 is 20.2.